The zero-order chi connectivity index (χ0) is 33.9. The van der Waals surface area contributed by atoms with Crippen LogP contribution in [0.2, 0.25) is 0 Å². The fourth-order valence-corrected chi connectivity index (χ4v) is 5.34. The SMILES string of the molecule is CCCCCCCC(=O)Oc1ccc2c(=O)oc(-c3ccc(-c4nc5cc(OC(=O)CCCCCCC)ccc5c(=O)o4)cc3)nc2c1. The number of rotatable bonds is 16. The van der Waals surface area contributed by atoms with E-state index in [0.29, 0.717) is 46.5 Å². The van der Waals surface area contributed by atoms with Gasteiger partial charge in [0.05, 0.1) is 21.8 Å². The molecule has 250 valence electrons. The molecule has 2 heterocycles. The third-order valence-corrected chi connectivity index (χ3v) is 8.01. The molecule has 10 nitrogen and oxygen atoms in total. The molecule has 5 rings (SSSR count). The van der Waals surface area contributed by atoms with Crippen LogP contribution in [-0.4, -0.2) is 21.9 Å². The summed E-state index contributed by atoms with van der Waals surface area (Å²) in [6, 6.07) is 15.9. The Kier molecular flexibility index (Phi) is 11.9. The Morgan fingerprint density at radius 1 is 0.562 bits per heavy atom. The number of ether oxygens (including phenoxy) is 2. The minimum Gasteiger partial charge on any atom is -0.426 e. The van der Waals surface area contributed by atoms with E-state index in [2.05, 4.69) is 23.8 Å². The number of unbranched alkanes of at least 4 members (excludes halogenated alkanes) is 8. The van der Waals surface area contributed by atoms with Crippen LogP contribution in [0.1, 0.15) is 90.9 Å². The lowest BCUT2D eigenvalue weighted by Crippen LogP contribution is -2.08. The summed E-state index contributed by atoms with van der Waals surface area (Å²) in [7, 11) is 0. The van der Waals surface area contributed by atoms with Crippen molar-refractivity contribution in [3.05, 3.63) is 81.5 Å². The molecule has 0 aliphatic heterocycles. The number of hydrogen-bond acceptors (Lipinski definition) is 10. The summed E-state index contributed by atoms with van der Waals surface area (Å²) in [6.45, 7) is 4.28. The highest BCUT2D eigenvalue weighted by Gasteiger charge is 2.15. The Hall–Kier alpha value is -5.12. The lowest BCUT2D eigenvalue weighted by atomic mass is 10.1. The number of carbonyl (C=O) groups is 2. The summed E-state index contributed by atoms with van der Waals surface area (Å²) >= 11 is 0. The lowest BCUT2D eigenvalue weighted by molar-refractivity contribution is -0.135. The first-order chi connectivity index (χ1) is 23.3. The fourth-order valence-electron chi connectivity index (χ4n) is 5.34. The number of hydrogen-bond donors (Lipinski definition) is 0. The quantitative estimate of drug-likeness (QED) is 0.0578. The van der Waals surface area contributed by atoms with Gasteiger partial charge in [-0.25, -0.2) is 19.6 Å². The molecule has 0 fully saturated rings. The van der Waals surface area contributed by atoms with Crippen LogP contribution >= 0.6 is 0 Å². The first kappa shape index (κ1) is 34.2. The maximum atomic E-state index is 12.8. The first-order valence-corrected chi connectivity index (χ1v) is 16.8. The van der Waals surface area contributed by atoms with Gasteiger partial charge in [0.25, 0.3) is 0 Å². The fraction of sp³-hybridized carbons (Fsp3) is 0.368. The number of nitrogens with zero attached hydrogens (tertiary/aromatic N) is 2. The summed E-state index contributed by atoms with van der Waals surface area (Å²) < 4.78 is 22.0. The van der Waals surface area contributed by atoms with Gasteiger partial charge in [-0.15, -0.1) is 0 Å². The van der Waals surface area contributed by atoms with E-state index in [-0.39, 0.29) is 34.5 Å². The van der Waals surface area contributed by atoms with E-state index in [4.69, 9.17) is 18.3 Å². The van der Waals surface area contributed by atoms with Crippen LogP contribution in [0, 0.1) is 0 Å². The normalized spacial score (nSPS) is 11.2. The van der Waals surface area contributed by atoms with Gasteiger partial charge >= 0.3 is 23.2 Å². The largest absolute Gasteiger partial charge is 0.426 e. The Morgan fingerprint density at radius 3 is 1.35 bits per heavy atom. The van der Waals surface area contributed by atoms with E-state index in [1.54, 1.807) is 48.5 Å². The molecule has 0 spiro atoms. The highest BCUT2D eigenvalue weighted by atomic mass is 16.5. The van der Waals surface area contributed by atoms with Gasteiger partial charge in [0.15, 0.2) is 0 Å². The van der Waals surface area contributed by atoms with Gasteiger partial charge < -0.3 is 18.3 Å². The molecule has 0 amide bonds. The predicted molar refractivity (Wildman–Crippen MR) is 183 cm³/mol. The summed E-state index contributed by atoms with van der Waals surface area (Å²) in [6.07, 6.45) is 10.9. The van der Waals surface area contributed by atoms with Gasteiger partial charge in [0, 0.05) is 36.1 Å². The van der Waals surface area contributed by atoms with Gasteiger partial charge in [0.1, 0.15) is 11.5 Å². The van der Waals surface area contributed by atoms with Crippen molar-refractivity contribution in [3.8, 4) is 34.4 Å². The number of aromatic nitrogens is 2. The molecular weight excluding hydrogens is 612 g/mol. The molecule has 0 aliphatic carbocycles. The highest BCUT2D eigenvalue weighted by molar-refractivity contribution is 5.83. The number of benzene rings is 3. The maximum absolute atomic E-state index is 12.8. The van der Waals surface area contributed by atoms with Crippen molar-refractivity contribution in [2.75, 3.05) is 0 Å². The minimum absolute atomic E-state index is 0.0724. The molecule has 0 saturated carbocycles. The van der Waals surface area contributed by atoms with Gasteiger partial charge in [-0.2, -0.15) is 0 Å². The number of esters is 2. The van der Waals surface area contributed by atoms with Crippen molar-refractivity contribution in [1.29, 1.82) is 0 Å². The summed E-state index contributed by atoms with van der Waals surface area (Å²) in [5, 5.41) is 0.516. The molecule has 10 heteroatoms. The standard InChI is InChI=1S/C38H40N2O8/c1-3-5-7-9-11-13-33(41)45-27-19-21-29-31(23-27)39-35(47-37(29)43)25-15-17-26(18-16-25)36-40-32-24-28(20-22-30(32)38(44)48-36)46-34(42)14-12-10-8-6-4-2/h15-24H,3-14H2,1-2H3. The molecule has 0 bridgehead atoms. The Balaban J connectivity index is 1.30. The average Bonchev–Trinajstić information content (AvgIpc) is 3.08. The third-order valence-electron chi connectivity index (χ3n) is 8.01. The van der Waals surface area contributed by atoms with Crippen LogP contribution in [0.5, 0.6) is 11.5 Å². The van der Waals surface area contributed by atoms with Gasteiger partial charge in [-0.05, 0) is 61.4 Å². The topological polar surface area (TPSA) is 139 Å². The van der Waals surface area contributed by atoms with Crippen molar-refractivity contribution in [2.24, 2.45) is 0 Å². The zero-order valence-electron chi connectivity index (χ0n) is 27.4. The predicted octanol–water partition coefficient (Wildman–Crippen LogP) is 8.56. The molecule has 5 aromatic rings. The Bertz CT molecular complexity index is 1850. The van der Waals surface area contributed by atoms with Crippen molar-refractivity contribution >= 4 is 33.7 Å². The lowest BCUT2D eigenvalue weighted by Gasteiger charge is -2.07. The molecular formula is C38H40N2O8. The summed E-state index contributed by atoms with van der Waals surface area (Å²) in [4.78, 5) is 59.2. The maximum Gasteiger partial charge on any atom is 0.347 e. The number of carbonyl (C=O) groups excluding carboxylic acids is 2. The molecule has 0 N–H and O–H groups in total. The van der Waals surface area contributed by atoms with E-state index < -0.39 is 11.3 Å². The van der Waals surface area contributed by atoms with Gasteiger partial charge in [0.2, 0.25) is 11.8 Å². The summed E-state index contributed by atoms with van der Waals surface area (Å²) in [5.74, 6) is 0.0933. The van der Waals surface area contributed by atoms with Crippen molar-refractivity contribution < 1.29 is 27.9 Å². The molecule has 3 aromatic carbocycles. The zero-order valence-corrected chi connectivity index (χ0v) is 27.4. The second kappa shape index (κ2) is 16.6. The van der Waals surface area contributed by atoms with Crippen LogP contribution in [-0.2, 0) is 9.59 Å². The van der Waals surface area contributed by atoms with Crippen LogP contribution in [0.15, 0.2) is 79.1 Å². The molecule has 0 saturated heterocycles. The Morgan fingerprint density at radius 2 is 0.958 bits per heavy atom. The molecule has 0 radical (unpaired) electrons. The van der Waals surface area contributed by atoms with Crippen molar-refractivity contribution in [2.45, 2.75) is 90.9 Å². The van der Waals surface area contributed by atoms with Crippen LogP contribution < -0.4 is 20.7 Å². The minimum atomic E-state index is -0.580. The van der Waals surface area contributed by atoms with Crippen molar-refractivity contribution in [3.63, 3.8) is 0 Å². The Labute approximate surface area is 278 Å². The van der Waals surface area contributed by atoms with E-state index in [1.807, 2.05) is 0 Å². The average molecular weight is 653 g/mol. The third kappa shape index (κ3) is 9.02. The molecule has 48 heavy (non-hydrogen) atoms. The van der Waals surface area contributed by atoms with E-state index in [0.717, 1.165) is 64.2 Å². The van der Waals surface area contributed by atoms with Crippen LogP contribution in [0.4, 0.5) is 0 Å². The molecule has 2 aromatic heterocycles. The number of fused-ring (bicyclic) bond motifs is 2. The molecule has 0 unspecified atom stereocenters. The van der Waals surface area contributed by atoms with Gasteiger partial charge in [-0.3, -0.25) is 9.59 Å². The molecule has 0 atom stereocenters. The van der Waals surface area contributed by atoms with E-state index in [1.165, 1.54) is 12.1 Å². The summed E-state index contributed by atoms with van der Waals surface area (Å²) in [5.41, 5.74) is 0.493. The van der Waals surface area contributed by atoms with Crippen LogP contribution in [0.25, 0.3) is 44.7 Å². The smallest absolute Gasteiger partial charge is 0.347 e. The second-order valence-electron chi connectivity index (χ2n) is 11.8. The first-order valence-electron chi connectivity index (χ1n) is 16.8. The van der Waals surface area contributed by atoms with E-state index >= 15 is 0 Å². The van der Waals surface area contributed by atoms with E-state index in [9.17, 15) is 19.2 Å². The van der Waals surface area contributed by atoms with Crippen molar-refractivity contribution in [1.82, 2.24) is 9.97 Å². The van der Waals surface area contributed by atoms with Crippen LogP contribution in [0.3, 0.4) is 0 Å². The highest BCUT2D eigenvalue weighted by Crippen LogP contribution is 2.26. The molecule has 0 aliphatic rings. The monoisotopic (exact) mass is 652 g/mol. The second-order valence-corrected chi connectivity index (χ2v) is 11.8. The van der Waals surface area contributed by atoms with Gasteiger partial charge in [-0.1, -0.05) is 65.2 Å².